The summed E-state index contributed by atoms with van der Waals surface area (Å²) in [4.78, 5) is 26.3. The molecule has 6 nitrogen and oxygen atoms in total. The molecule has 0 N–H and O–H groups in total. The standard InChI is InChI=1S/C19H22N2O4/c1-4-24-18(22)13(3)21-12-20-11-14(19(23)25-5-2)10-17(20)15-8-6-7-9-16(15)21/h6-11,13H,4-5,12H2,1-3H3. The zero-order valence-corrected chi connectivity index (χ0v) is 14.7. The summed E-state index contributed by atoms with van der Waals surface area (Å²) in [6.07, 6.45) is 1.77. The van der Waals surface area contributed by atoms with E-state index in [2.05, 4.69) is 0 Å². The van der Waals surface area contributed by atoms with E-state index in [-0.39, 0.29) is 11.9 Å². The van der Waals surface area contributed by atoms with Crippen molar-refractivity contribution >= 4 is 17.6 Å². The van der Waals surface area contributed by atoms with Crippen LogP contribution in [0.5, 0.6) is 0 Å². The number of esters is 2. The van der Waals surface area contributed by atoms with Gasteiger partial charge in [0.15, 0.2) is 0 Å². The Morgan fingerprint density at radius 3 is 2.60 bits per heavy atom. The lowest BCUT2D eigenvalue weighted by molar-refractivity contribution is -0.144. The van der Waals surface area contributed by atoms with Crippen molar-refractivity contribution in [2.75, 3.05) is 18.1 Å². The summed E-state index contributed by atoms with van der Waals surface area (Å²) in [5.41, 5.74) is 3.37. The number of hydrogen-bond acceptors (Lipinski definition) is 5. The van der Waals surface area contributed by atoms with Crippen molar-refractivity contribution < 1.29 is 19.1 Å². The fourth-order valence-corrected chi connectivity index (χ4v) is 3.08. The van der Waals surface area contributed by atoms with Gasteiger partial charge in [0.25, 0.3) is 0 Å². The largest absolute Gasteiger partial charge is 0.464 e. The summed E-state index contributed by atoms with van der Waals surface area (Å²) < 4.78 is 12.2. The lowest BCUT2D eigenvalue weighted by atomic mass is 10.0. The van der Waals surface area contributed by atoms with Crippen LogP contribution >= 0.6 is 0 Å². The molecule has 1 aliphatic rings. The minimum absolute atomic E-state index is 0.265. The van der Waals surface area contributed by atoms with Crippen LogP contribution in [0.1, 0.15) is 31.1 Å². The number of para-hydroxylation sites is 1. The first kappa shape index (κ1) is 17.1. The maximum atomic E-state index is 12.2. The number of anilines is 1. The third-order valence-electron chi connectivity index (χ3n) is 4.30. The Kier molecular flexibility index (Phi) is 4.79. The highest BCUT2D eigenvalue weighted by Crippen LogP contribution is 2.38. The highest BCUT2D eigenvalue weighted by molar-refractivity contribution is 5.93. The second-order valence-corrected chi connectivity index (χ2v) is 5.86. The van der Waals surface area contributed by atoms with Crippen LogP contribution in [-0.2, 0) is 20.9 Å². The molecule has 1 aromatic carbocycles. The topological polar surface area (TPSA) is 60.8 Å². The Morgan fingerprint density at radius 1 is 1.16 bits per heavy atom. The van der Waals surface area contributed by atoms with Crippen molar-refractivity contribution in [3.8, 4) is 11.3 Å². The zero-order valence-electron chi connectivity index (χ0n) is 14.7. The Balaban J connectivity index is 2.00. The van der Waals surface area contributed by atoms with Gasteiger partial charge < -0.3 is 18.9 Å². The smallest absolute Gasteiger partial charge is 0.339 e. The van der Waals surface area contributed by atoms with Gasteiger partial charge in [-0.15, -0.1) is 0 Å². The third-order valence-corrected chi connectivity index (χ3v) is 4.30. The highest BCUT2D eigenvalue weighted by atomic mass is 16.5. The molecule has 0 fully saturated rings. The molecule has 0 saturated carbocycles. The van der Waals surface area contributed by atoms with Gasteiger partial charge in [0.1, 0.15) is 6.04 Å². The summed E-state index contributed by atoms with van der Waals surface area (Å²) in [6, 6.07) is 9.25. The Labute approximate surface area is 146 Å². The first-order valence-corrected chi connectivity index (χ1v) is 8.46. The maximum Gasteiger partial charge on any atom is 0.339 e. The fraction of sp³-hybridized carbons (Fsp3) is 0.368. The van der Waals surface area contributed by atoms with Gasteiger partial charge in [0.05, 0.1) is 31.1 Å². The molecule has 6 heteroatoms. The molecular weight excluding hydrogens is 320 g/mol. The Hall–Kier alpha value is -2.76. The van der Waals surface area contributed by atoms with Crippen LogP contribution in [0.4, 0.5) is 5.69 Å². The van der Waals surface area contributed by atoms with E-state index >= 15 is 0 Å². The molecule has 1 aromatic heterocycles. The van der Waals surface area contributed by atoms with Crippen molar-refractivity contribution in [3.63, 3.8) is 0 Å². The van der Waals surface area contributed by atoms with Crippen molar-refractivity contribution in [2.45, 2.75) is 33.5 Å². The number of benzene rings is 1. The van der Waals surface area contributed by atoms with Gasteiger partial charge in [-0.25, -0.2) is 9.59 Å². The molecule has 0 aliphatic carbocycles. The molecule has 2 heterocycles. The van der Waals surface area contributed by atoms with E-state index in [0.717, 1.165) is 16.9 Å². The first-order valence-electron chi connectivity index (χ1n) is 8.46. The Bertz CT molecular complexity index is 796. The van der Waals surface area contributed by atoms with E-state index in [1.165, 1.54) is 0 Å². The molecule has 0 radical (unpaired) electrons. The third kappa shape index (κ3) is 3.12. The van der Waals surface area contributed by atoms with E-state index in [1.54, 1.807) is 20.0 Å². The van der Waals surface area contributed by atoms with Crippen LogP contribution in [0.25, 0.3) is 11.3 Å². The number of ether oxygens (including phenoxy) is 2. The predicted octanol–water partition coefficient (Wildman–Crippen LogP) is 3.06. The van der Waals surface area contributed by atoms with E-state index < -0.39 is 6.04 Å². The Morgan fingerprint density at radius 2 is 1.88 bits per heavy atom. The van der Waals surface area contributed by atoms with Crippen LogP contribution in [0.15, 0.2) is 36.5 Å². The van der Waals surface area contributed by atoms with Crippen molar-refractivity contribution in [3.05, 3.63) is 42.1 Å². The lowest BCUT2D eigenvalue weighted by Crippen LogP contribution is -2.43. The quantitative estimate of drug-likeness (QED) is 0.782. The summed E-state index contributed by atoms with van der Waals surface area (Å²) in [6.45, 7) is 6.56. The number of carbonyl (C=O) groups excluding carboxylic acids is 2. The van der Waals surface area contributed by atoms with Crippen LogP contribution in [0, 0.1) is 0 Å². The van der Waals surface area contributed by atoms with Crippen LogP contribution in [-0.4, -0.2) is 35.8 Å². The SMILES string of the molecule is CCOC(=O)c1cc2n(c1)CN(C(C)C(=O)OCC)c1ccccc1-2. The van der Waals surface area contributed by atoms with Gasteiger partial charge in [-0.2, -0.15) is 0 Å². The minimum Gasteiger partial charge on any atom is -0.464 e. The molecule has 25 heavy (non-hydrogen) atoms. The first-order chi connectivity index (χ1) is 12.1. The van der Waals surface area contributed by atoms with Gasteiger partial charge in [-0.1, -0.05) is 18.2 Å². The molecule has 0 amide bonds. The number of rotatable bonds is 5. The van der Waals surface area contributed by atoms with Gasteiger partial charge >= 0.3 is 11.9 Å². The summed E-state index contributed by atoms with van der Waals surface area (Å²) in [7, 11) is 0. The summed E-state index contributed by atoms with van der Waals surface area (Å²) in [5.74, 6) is -0.606. The number of fused-ring (bicyclic) bond motifs is 3. The van der Waals surface area contributed by atoms with Gasteiger partial charge in [0.2, 0.25) is 0 Å². The van der Waals surface area contributed by atoms with Crippen molar-refractivity contribution in [2.24, 2.45) is 0 Å². The highest BCUT2D eigenvalue weighted by Gasteiger charge is 2.30. The second kappa shape index (κ2) is 7.01. The van der Waals surface area contributed by atoms with Gasteiger partial charge in [-0.3, -0.25) is 0 Å². The molecule has 0 bridgehead atoms. The maximum absolute atomic E-state index is 12.2. The van der Waals surface area contributed by atoms with Crippen LogP contribution in [0.3, 0.4) is 0 Å². The molecule has 3 rings (SSSR count). The van der Waals surface area contributed by atoms with Crippen molar-refractivity contribution in [1.82, 2.24) is 4.57 Å². The minimum atomic E-state index is -0.428. The zero-order chi connectivity index (χ0) is 18.0. The molecule has 132 valence electrons. The summed E-state index contributed by atoms with van der Waals surface area (Å²) >= 11 is 0. The lowest BCUT2D eigenvalue weighted by Gasteiger charge is -2.36. The van der Waals surface area contributed by atoms with Crippen molar-refractivity contribution in [1.29, 1.82) is 0 Å². The number of carbonyl (C=O) groups is 2. The van der Waals surface area contributed by atoms with Crippen LogP contribution in [0.2, 0.25) is 0 Å². The van der Waals surface area contributed by atoms with Gasteiger partial charge in [-0.05, 0) is 32.9 Å². The number of nitrogens with zero attached hydrogens (tertiary/aromatic N) is 2. The summed E-state index contributed by atoms with van der Waals surface area (Å²) in [5, 5.41) is 0. The predicted molar refractivity (Wildman–Crippen MR) is 94.4 cm³/mol. The molecule has 0 saturated heterocycles. The molecule has 1 atom stereocenters. The van der Waals surface area contributed by atoms with E-state index in [9.17, 15) is 9.59 Å². The molecule has 0 spiro atoms. The monoisotopic (exact) mass is 342 g/mol. The van der Waals surface area contributed by atoms with E-state index in [1.807, 2.05) is 46.7 Å². The van der Waals surface area contributed by atoms with Gasteiger partial charge in [0, 0.05) is 17.4 Å². The van der Waals surface area contributed by atoms with E-state index in [4.69, 9.17) is 9.47 Å². The fourth-order valence-electron chi connectivity index (χ4n) is 3.08. The molecular formula is C19H22N2O4. The molecule has 1 unspecified atom stereocenters. The molecule has 2 aromatic rings. The average molecular weight is 342 g/mol. The second-order valence-electron chi connectivity index (χ2n) is 5.86. The average Bonchev–Trinajstić information content (AvgIpc) is 3.05. The van der Waals surface area contributed by atoms with E-state index in [0.29, 0.717) is 25.4 Å². The number of hydrogen-bond donors (Lipinski definition) is 0. The molecule has 1 aliphatic heterocycles. The number of aromatic nitrogens is 1. The normalized spacial score (nSPS) is 13.6. The van der Waals surface area contributed by atoms with Crippen LogP contribution < -0.4 is 4.90 Å².